The van der Waals surface area contributed by atoms with Gasteiger partial charge in [-0.15, -0.1) is 0 Å². The lowest BCUT2D eigenvalue weighted by molar-refractivity contribution is 0.102. The minimum Gasteiger partial charge on any atom is -0.378 e. The molecule has 0 unspecified atom stereocenters. The molecule has 0 radical (unpaired) electrons. The van der Waals surface area contributed by atoms with Crippen molar-refractivity contribution in [3.05, 3.63) is 54.1 Å². The minimum atomic E-state index is -3.74. The van der Waals surface area contributed by atoms with Gasteiger partial charge in [0.1, 0.15) is 0 Å². The molecule has 2 aromatic rings. The van der Waals surface area contributed by atoms with E-state index in [9.17, 15) is 21.6 Å². The predicted molar refractivity (Wildman–Crippen MR) is 109 cm³/mol. The van der Waals surface area contributed by atoms with Crippen molar-refractivity contribution < 1.29 is 21.6 Å². The van der Waals surface area contributed by atoms with Gasteiger partial charge >= 0.3 is 0 Å². The molecule has 1 aliphatic heterocycles. The van der Waals surface area contributed by atoms with Crippen molar-refractivity contribution in [1.82, 2.24) is 0 Å². The molecule has 7 nitrogen and oxygen atoms in total. The van der Waals surface area contributed by atoms with Crippen LogP contribution in [0.4, 0.5) is 11.4 Å². The molecule has 3 rings (SSSR count). The number of hydrogen-bond acceptors (Lipinski definition) is 6. The smallest absolute Gasteiger partial charge is 0.255 e. The summed E-state index contributed by atoms with van der Waals surface area (Å²) >= 11 is 0. The molecule has 1 saturated heterocycles. The van der Waals surface area contributed by atoms with E-state index in [-0.39, 0.29) is 28.7 Å². The first-order chi connectivity index (χ1) is 13.1. The number of carbonyl (C=O) groups is 1. The van der Waals surface area contributed by atoms with Crippen molar-refractivity contribution in [3.8, 4) is 0 Å². The van der Waals surface area contributed by atoms with Crippen LogP contribution in [0.15, 0.2) is 53.4 Å². The summed E-state index contributed by atoms with van der Waals surface area (Å²) in [4.78, 5) is 14.4. The number of nitrogens with zero attached hydrogens (tertiary/aromatic N) is 1. The number of sulfone groups is 2. The number of carbonyl (C=O) groups excluding carboxylic acids is 1. The van der Waals surface area contributed by atoms with Gasteiger partial charge in [0.05, 0.1) is 21.7 Å². The summed E-state index contributed by atoms with van der Waals surface area (Å²) in [6.07, 6.45) is 0.107. The fourth-order valence-electron chi connectivity index (χ4n) is 3.04. The summed E-state index contributed by atoms with van der Waals surface area (Å²) in [7, 11) is -3.20. The second-order valence-corrected chi connectivity index (χ2v) is 11.4. The zero-order valence-corrected chi connectivity index (χ0v) is 17.3. The number of hydrogen-bond donors (Lipinski definition) is 1. The van der Waals surface area contributed by atoms with E-state index in [0.717, 1.165) is 5.69 Å². The Balaban J connectivity index is 1.72. The van der Waals surface area contributed by atoms with E-state index in [1.165, 1.54) is 24.3 Å². The fourth-order valence-corrected chi connectivity index (χ4v) is 7.40. The van der Waals surface area contributed by atoms with E-state index in [1.807, 2.05) is 31.1 Å². The molecule has 1 N–H and O–H groups in total. The van der Waals surface area contributed by atoms with Crippen LogP contribution in [0.25, 0.3) is 0 Å². The molecule has 1 atom stereocenters. The van der Waals surface area contributed by atoms with Gasteiger partial charge in [0.25, 0.3) is 5.91 Å². The SMILES string of the molecule is CN(C)c1ccc(NC(=O)c2ccc(S(=O)(=O)[C@@H]3CCS(=O)(=O)C3)cc2)cc1. The van der Waals surface area contributed by atoms with Crippen molar-refractivity contribution in [1.29, 1.82) is 0 Å². The Hall–Kier alpha value is -2.39. The first-order valence-electron chi connectivity index (χ1n) is 8.72. The molecule has 1 heterocycles. The normalized spacial score (nSPS) is 18.6. The molecule has 0 spiro atoms. The van der Waals surface area contributed by atoms with Crippen LogP contribution < -0.4 is 10.2 Å². The molecular weight excluding hydrogens is 400 g/mol. The first kappa shape index (κ1) is 20.3. The van der Waals surface area contributed by atoms with Gasteiger partial charge in [-0.3, -0.25) is 4.79 Å². The summed E-state index contributed by atoms with van der Waals surface area (Å²) in [5, 5.41) is 1.84. The van der Waals surface area contributed by atoms with Crippen molar-refractivity contribution in [2.45, 2.75) is 16.6 Å². The molecule has 0 aliphatic carbocycles. The Labute approximate surface area is 165 Å². The first-order valence-corrected chi connectivity index (χ1v) is 12.1. The van der Waals surface area contributed by atoms with Gasteiger partial charge in [-0.1, -0.05) is 0 Å². The van der Waals surface area contributed by atoms with Gasteiger partial charge in [-0.05, 0) is 55.0 Å². The highest BCUT2D eigenvalue weighted by molar-refractivity contribution is 7.96. The van der Waals surface area contributed by atoms with Gasteiger partial charge in [-0.2, -0.15) is 0 Å². The summed E-state index contributed by atoms with van der Waals surface area (Å²) in [6, 6.07) is 12.9. The third kappa shape index (κ3) is 4.36. The molecule has 1 aliphatic rings. The van der Waals surface area contributed by atoms with E-state index in [0.29, 0.717) is 11.3 Å². The number of anilines is 2. The average molecular weight is 423 g/mol. The van der Waals surface area contributed by atoms with Gasteiger partial charge in [-0.25, -0.2) is 16.8 Å². The quantitative estimate of drug-likeness (QED) is 0.791. The lowest BCUT2D eigenvalue weighted by atomic mass is 10.2. The van der Waals surface area contributed by atoms with E-state index < -0.39 is 24.9 Å². The summed E-state index contributed by atoms with van der Waals surface area (Å²) in [5.74, 6) is -0.810. The number of amides is 1. The van der Waals surface area contributed by atoms with Gasteiger partial charge in [0.2, 0.25) is 0 Å². The Morgan fingerprint density at radius 1 is 1.04 bits per heavy atom. The van der Waals surface area contributed by atoms with Crippen LogP contribution >= 0.6 is 0 Å². The monoisotopic (exact) mass is 422 g/mol. The lowest BCUT2D eigenvalue weighted by Crippen LogP contribution is -2.22. The van der Waals surface area contributed by atoms with Crippen LogP contribution in [0.2, 0.25) is 0 Å². The zero-order chi connectivity index (χ0) is 20.5. The van der Waals surface area contributed by atoms with Crippen molar-refractivity contribution in [2.75, 3.05) is 35.8 Å². The van der Waals surface area contributed by atoms with Gasteiger partial charge < -0.3 is 10.2 Å². The summed E-state index contributed by atoms with van der Waals surface area (Å²) in [5.41, 5.74) is 1.94. The maximum absolute atomic E-state index is 12.6. The van der Waals surface area contributed by atoms with Crippen molar-refractivity contribution in [2.24, 2.45) is 0 Å². The van der Waals surface area contributed by atoms with Crippen LogP contribution in [0.1, 0.15) is 16.8 Å². The maximum atomic E-state index is 12.6. The Kier molecular flexibility index (Phi) is 5.49. The molecule has 2 aromatic carbocycles. The second kappa shape index (κ2) is 7.56. The highest BCUT2D eigenvalue weighted by atomic mass is 32.2. The Bertz CT molecular complexity index is 1070. The Morgan fingerprint density at radius 3 is 2.14 bits per heavy atom. The van der Waals surface area contributed by atoms with E-state index >= 15 is 0 Å². The third-order valence-electron chi connectivity index (χ3n) is 4.72. The van der Waals surface area contributed by atoms with Crippen molar-refractivity contribution in [3.63, 3.8) is 0 Å². The molecule has 1 fully saturated rings. The highest BCUT2D eigenvalue weighted by Gasteiger charge is 2.37. The summed E-state index contributed by atoms with van der Waals surface area (Å²) < 4.78 is 48.4. The maximum Gasteiger partial charge on any atom is 0.255 e. The molecule has 1 amide bonds. The molecule has 150 valence electrons. The molecule has 0 aromatic heterocycles. The molecular formula is C19H22N2O5S2. The van der Waals surface area contributed by atoms with Crippen LogP contribution in [0, 0.1) is 0 Å². The van der Waals surface area contributed by atoms with Crippen LogP contribution in [0.3, 0.4) is 0 Å². The number of rotatable bonds is 5. The van der Waals surface area contributed by atoms with Gasteiger partial charge in [0, 0.05) is 31.0 Å². The minimum absolute atomic E-state index is 0.0292. The standard InChI is InChI=1S/C19H22N2O5S2/c1-21(2)16-7-5-15(6-8-16)20-19(22)14-3-9-17(10-4-14)28(25,26)18-11-12-27(23,24)13-18/h3-10,18H,11-13H2,1-2H3,(H,20,22)/t18-/m1/s1. The average Bonchev–Trinajstić information content (AvgIpc) is 3.03. The van der Waals surface area contributed by atoms with Gasteiger partial charge in [0.15, 0.2) is 19.7 Å². The van der Waals surface area contributed by atoms with Crippen LogP contribution in [-0.4, -0.2) is 53.6 Å². The van der Waals surface area contributed by atoms with Crippen molar-refractivity contribution >= 4 is 37.0 Å². The Morgan fingerprint density at radius 2 is 1.64 bits per heavy atom. The number of nitrogens with one attached hydrogen (secondary N) is 1. The molecule has 28 heavy (non-hydrogen) atoms. The van der Waals surface area contributed by atoms with Crippen LogP contribution in [-0.2, 0) is 19.7 Å². The van der Waals surface area contributed by atoms with E-state index in [1.54, 1.807) is 12.1 Å². The third-order valence-corrected chi connectivity index (χ3v) is 8.90. The summed E-state index contributed by atoms with van der Waals surface area (Å²) in [6.45, 7) is 0. The van der Waals surface area contributed by atoms with Crippen LogP contribution in [0.5, 0.6) is 0 Å². The van der Waals surface area contributed by atoms with E-state index in [4.69, 9.17) is 0 Å². The second-order valence-electron chi connectivity index (χ2n) is 6.99. The predicted octanol–water partition coefficient (Wildman–Crippen LogP) is 1.97. The zero-order valence-electron chi connectivity index (χ0n) is 15.6. The fraction of sp³-hybridized carbons (Fsp3) is 0.316. The molecule has 0 bridgehead atoms. The molecule has 0 saturated carbocycles. The topological polar surface area (TPSA) is 101 Å². The highest BCUT2D eigenvalue weighted by Crippen LogP contribution is 2.25. The largest absolute Gasteiger partial charge is 0.378 e. The number of benzene rings is 2. The molecule has 9 heteroatoms. The van der Waals surface area contributed by atoms with E-state index in [2.05, 4.69) is 5.32 Å². The lowest BCUT2D eigenvalue weighted by Gasteiger charge is -2.13.